The average Bonchev–Trinajstić information content (AvgIpc) is 3.16. The highest BCUT2D eigenvalue weighted by Crippen LogP contribution is 2.44. The molecule has 2 aliphatic rings. The molecule has 180 valence electrons. The summed E-state index contributed by atoms with van der Waals surface area (Å²) in [5.41, 5.74) is 4.55. The first-order valence-electron chi connectivity index (χ1n) is 11.6. The Morgan fingerprint density at radius 1 is 1.09 bits per heavy atom. The lowest BCUT2D eigenvalue weighted by Crippen LogP contribution is -2.54. The van der Waals surface area contributed by atoms with Gasteiger partial charge in [-0.3, -0.25) is 4.79 Å². The van der Waals surface area contributed by atoms with Gasteiger partial charge >= 0.3 is 12.1 Å². The van der Waals surface area contributed by atoms with Crippen LogP contribution in [0.1, 0.15) is 37.3 Å². The van der Waals surface area contributed by atoms with E-state index in [2.05, 4.69) is 29.6 Å². The van der Waals surface area contributed by atoms with E-state index in [9.17, 15) is 19.5 Å². The molecule has 0 aromatic heterocycles. The number of carboxylic acid groups (broad SMARTS) is 1. The number of carbonyl (C=O) groups excluding carboxylic acids is 2. The highest BCUT2D eigenvalue weighted by molar-refractivity contribution is 5.85. The fraction of sp³-hybridized carbons (Fsp3) is 0.423. The number of nitrogens with one attached hydrogen (secondary N) is 1. The smallest absolute Gasteiger partial charge is 0.407 e. The van der Waals surface area contributed by atoms with Crippen molar-refractivity contribution in [2.45, 2.75) is 38.3 Å². The van der Waals surface area contributed by atoms with Crippen LogP contribution in [0.5, 0.6) is 0 Å². The highest BCUT2D eigenvalue weighted by atomic mass is 16.5. The molecule has 34 heavy (non-hydrogen) atoms. The number of amides is 2. The zero-order chi connectivity index (χ0) is 24.2. The third kappa shape index (κ3) is 4.92. The summed E-state index contributed by atoms with van der Waals surface area (Å²) in [5, 5.41) is 12.2. The third-order valence-electron chi connectivity index (χ3n) is 6.58. The van der Waals surface area contributed by atoms with Crippen LogP contribution in [0.4, 0.5) is 4.79 Å². The Kier molecular flexibility index (Phi) is 7.17. The molecule has 4 rings (SSSR count). The molecular weight excluding hydrogens is 436 g/mol. The van der Waals surface area contributed by atoms with Crippen molar-refractivity contribution in [1.29, 1.82) is 0 Å². The first-order chi connectivity index (χ1) is 16.4. The van der Waals surface area contributed by atoms with Crippen molar-refractivity contribution in [2.24, 2.45) is 5.92 Å². The number of rotatable bonds is 7. The zero-order valence-corrected chi connectivity index (χ0v) is 19.4. The van der Waals surface area contributed by atoms with Crippen LogP contribution in [-0.2, 0) is 19.1 Å². The summed E-state index contributed by atoms with van der Waals surface area (Å²) in [6, 6.07) is 14.7. The number of alkyl carbamates (subject to hydrolysis) is 1. The van der Waals surface area contributed by atoms with Crippen LogP contribution >= 0.6 is 0 Å². The third-order valence-corrected chi connectivity index (χ3v) is 6.58. The zero-order valence-electron chi connectivity index (χ0n) is 19.4. The Morgan fingerprint density at radius 3 is 2.29 bits per heavy atom. The fourth-order valence-corrected chi connectivity index (χ4v) is 4.66. The van der Waals surface area contributed by atoms with Crippen LogP contribution in [0.3, 0.4) is 0 Å². The number of hydrogen-bond donors (Lipinski definition) is 2. The van der Waals surface area contributed by atoms with Crippen molar-refractivity contribution in [3.63, 3.8) is 0 Å². The van der Waals surface area contributed by atoms with Crippen molar-refractivity contribution in [1.82, 2.24) is 10.2 Å². The van der Waals surface area contributed by atoms with Crippen molar-refractivity contribution >= 4 is 18.0 Å². The Balaban J connectivity index is 1.38. The minimum absolute atomic E-state index is 0.00829. The fourth-order valence-electron chi connectivity index (χ4n) is 4.66. The quantitative estimate of drug-likeness (QED) is 0.649. The maximum atomic E-state index is 12.9. The summed E-state index contributed by atoms with van der Waals surface area (Å²) < 4.78 is 10.8. The number of benzene rings is 2. The van der Waals surface area contributed by atoms with Gasteiger partial charge in [-0.25, -0.2) is 9.59 Å². The first kappa shape index (κ1) is 23.8. The predicted octanol–water partition coefficient (Wildman–Crippen LogP) is 3.25. The maximum absolute atomic E-state index is 12.9. The van der Waals surface area contributed by atoms with Crippen molar-refractivity contribution in [3.05, 3.63) is 59.7 Å². The van der Waals surface area contributed by atoms with Gasteiger partial charge in [0.1, 0.15) is 6.61 Å². The van der Waals surface area contributed by atoms with Gasteiger partial charge in [0.05, 0.1) is 13.2 Å². The van der Waals surface area contributed by atoms with E-state index in [4.69, 9.17) is 9.47 Å². The molecule has 1 unspecified atom stereocenters. The van der Waals surface area contributed by atoms with Gasteiger partial charge in [-0.2, -0.15) is 0 Å². The second-order valence-electron chi connectivity index (χ2n) is 9.04. The van der Waals surface area contributed by atoms with Crippen molar-refractivity contribution in [3.8, 4) is 11.1 Å². The van der Waals surface area contributed by atoms with E-state index < -0.39 is 24.1 Å². The molecule has 8 nitrogen and oxygen atoms in total. The van der Waals surface area contributed by atoms with Crippen LogP contribution in [0, 0.1) is 5.92 Å². The lowest BCUT2D eigenvalue weighted by atomic mass is 9.98. The van der Waals surface area contributed by atoms with E-state index in [1.807, 2.05) is 38.1 Å². The van der Waals surface area contributed by atoms with Crippen LogP contribution in [0.25, 0.3) is 11.1 Å². The van der Waals surface area contributed by atoms with Gasteiger partial charge in [-0.15, -0.1) is 0 Å². The van der Waals surface area contributed by atoms with Crippen molar-refractivity contribution < 1.29 is 29.0 Å². The van der Waals surface area contributed by atoms with E-state index in [-0.39, 0.29) is 43.9 Å². The molecule has 1 aliphatic heterocycles. The van der Waals surface area contributed by atoms with Gasteiger partial charge in [0.25, 0.3) is 0 Å². The SMILES string of the molecule is CC(C)[C@@H](CC(=O)N1CCOCC1C(=O)O)NC(=O)OCC1c2ccccc2-c2ccccc21. The van der Waals surface area contributed by atoms with Gasteiger partial charge in [-0.1, -0.05) is 62.4 Å². The topological polar surface area (TPSA) is 105 Å². The van der Waals surface area contributed by atoms with E-state index in [1.54, 1.807) is 0 Å². The largest absolute Gasteiger partial charge is 0.480 e. The van der Waals surface area contributed by atoms with E-state index in [1.165, 1.54) is 4.90 Å². The van der Waals surface area contributed by atoms with Gasteiger partial charge in [0, 0.05) is 24.9 Å². The van der Waals surface area contributed by atoms with E-state index in [0.29, 0.717) is 6.61 Å². The molecule has 2 aromatic rings. The van der Waals surface area contributed by atoms with Crippen LogP contribution in [0.2, 0.25) is 0 Å². The molecule has 2 N–H and O–H groups in total. The number of hydrogen-bond acceptors (Lipinski definition) is 5. The van der Waals surface area contributed by atoms with Crippen LogP contribution < -0.4 is 5.32 Å². The lowest BCUT2D eigenvalue weighted by Gasteiger charge is -2.34. The van der Waals surface area contributed by atoms with Gasteiger partial charge in [-0.05, 0) is 28.2 Å². The maximum Gasteiger partial charge on any atom is 0.407 e. The molecule has 8 heteroatoms. The van der Waals surface area contributed by atoms with Crippen LogP contribution in [-0.4, -0.2) is 66.4 Å². The monoisotopic (exact) mass is 466 g/mol. The molecule has 2 amide bonds. The molecule has 0 saturated carbocycles. The first-order valence-corrected chi connectivity index (χ1v) is 11.6. The predicted molar refractivity (Wildman–Crippen MR) is 125 cm³/mol. The second kappa shape index (κ2) is 10.3. The van der Waals surface area contributed by atoms with E-state index >= 15 is 0 Å². The average molecular weight is 467 g/mol. The normalized spacial score (nSPS) is 18.2. The second-order valence-corrected chi connectivity index (χ2v) is 9.04. The van der Waals surface area contributed by atoms with Gasteiger partial charge in [0.2, 0.25) is 5.91 Å². The highest BCUT2D eigenvalue weighted by Gasteiger charge is 2.35. The molecule has 1 heterocycles. The number of ether oxygens (including phenoxy) is 2. The summed E-state index contributed by atoms with van der Waals surface area (Å²) in [4.78, 5) is 38.4. The summed E-state index contributed by atoms with van der Waals surface area (Å²) in [6.45, 7) is 4.45. The number of morpholine rings is 1. The van der Waals surface area contributed by atoms with Crippen molar-refractivity contribution in [2.75, 3.05) is 26.4 Å². The number of carbonyl (C=O) groups is 3. The van der Waals surface area contributed by atoms with Crippen LogP contribution in [0.15, 0.2) is 48.5 Å². The van der Waals surface area contributed by atoms with E-state index in [0.717, 1.165) is 22.3 Å². The summed E-state index contributed by atoms with van der Waals surface area (Å²) in [6.07, 6.45) is -0.601. The Labute approximate surface area is 198 Å². The number of aliphatic carboxylic acids is 1. The molecule has 2 atom stereocenters. The van der Waals surface area contributed by atoms with Gasteiger partial charge < -0.3 is 24.8 Å². The molecular formula is C26H30N2O6. The molecule has 1 saturated heterocycles. The standard InChI is InChI=1S/C26H30N2O6/c1-16(2)22(13-24(29)28-11-12-33-15-23(28)25(30)31)27-26(32)34-14-21-19-9-5-3-7-17(19)18-8-4-6-10-20(18)21/h3-10,16,21-23H,11-15H2,1-2H3,(H,27,32)(H,30,31)/t22-,23?/m1/s1. The molecule has 0 radical (unpaired) electrons. The minimum Gasteiger partial charge on any atom is -0.480 e. The number of carboxylic acids is 1. The molecule has 1 aliphatic carbocycles. The number of nitrogens with zero attached hydrogens (tertiary/aromatic N) is 1. The summed E-state index contributed by atoms with van der Waals surface area (Å²) >= 11 is 0. The number of fused-ring (bicyclic) bond motifs is 3. The summed E-state index contributed by atoms with van der Waals surface area (Å²) in [5.74, 6) is -1.53. The minimum atomic E-state index is -1.10. The molecule has 2 aromatic carbocycles. The Hall–Kier alpha value is -3.39. The molecule has 0 spiro atoms. The lowest BCUT2D eigenvalue weighted by molar-refractivity contribution is -0.158. The summed E-state index contributed by atoms with van der Waals surface area (Å²) in [7, 11) is 0. The van der Waals surface area contributed by atoms with Gasteiger partial charge in [0.15, 0.2) is 6.04 Å². The Bertz CT molecular complexity index is 1020. The molecule has 1 fully saturated rings. The molecule has 0 bridgehead atoms. The Morgan fingerprint density at radius 2 is 1.71 bits per heavy atom.